The molecule has 0 N–H and O–H groups in total. The van der Waals surface area contributed by atoms with Crippen molar-refractivity contribution in [1.29, 1.82) is 0 Å². The topological polar surface area (TPSA) is 33.5 Å². The van der Waals surface area contributed by atoms with Crippen molar-refractivity contribution >= 4 is 5.91 Å². The first-order chi connectivity index (χ1) is 8.75. The van der Waals surface area contributed by atoms with Crippen LogP contribution in [0, 0.1) is 11.8 Å². The van der Waals surface area contributed by atoms with Crippen LogP contribution in [-0.2, 0) is 4.79 Å². The van der Waals surface area contributed by atoms with Gasteiger partial charge in [-0.15, -0.1) is 0 Å². The van der Waals surface area contributed by atoms with E-state index in [2.05, 4.69) is 11.8 Å². The van der Waals surface area contributed by atoms with Crippen molar-refractivity contribution in [2.24, 2.45) is 11.8 Å². The lowest BCUT2D eigenvalue weighted by Gasteiger charge is -2.20. The van der Waals surface area contributed by atoms with Crippen LogP contribution in [0.1, 0.15) is 44.3 Å². The molecule has 1 aliphatic carbocycles. The van der Waals surface area contributed by atoms with Gasteiger partial charge in [-0.1, -0.05) is 6.92 Å². The number of likely N-dealkylation sites (tertiary alicyclic amines) is 1. The van der Waals surface area contributed by atoms with Crippen molar-refractivity contribution in [2.45, 2.75) is 38.5 Å². The maximum absolute atomic E-state index is 12.4. The molecule has 18 heavy (non-hydrogen) atoms. The predicted molar refractivity (Wildman–Crippen MR) is 69.2 cm³/mol. The number of rotatable bonds is 2. The summed E-state index contributed by atoms with van der Waals surface area (Å²) < 4.78 is 5.40. The zero-order valence-corrected chi connectivity index (χ0v) is 11.0. The Hall–Kier alpha value is -1.25. The molecule has 0 radical (unpaired) electrons. The second-order valence-electron chi connectivity index (χ2n) is 5.83. The molecule has 0 spiro atoms. The van der Waals surface area contributed by atoms with E-state index in [9.17, 15) is 4.79 Å². The summed E-state index contributed by atoms with van der Waals surface area (Å²) in [6.07, 6.45) is 6.24. The zero-order chi connectivity index (χ0) is 12.5. The van der Waals surface area contributed by atoms with Crippen LogP contribution < -0.4 is 0 Å². The summed E-state index contributed by atoms with van der Waals surface area (Å²) in [7, 11) is 0. The van der Waals surface area contributed by atoms with Crippen molar-refractivity contribution < 1.29 is 9.21 Å². The van der Waals surface area contributed by atoms with E-state index in [-0.39, 0.29) is 5.92 Å². The Kier molecular flexibility index (Phi) is 3.14. The molecule has 1 aliphatic heterocycles. The number of amides is 1. The van der Waals surface area contributed by atoms with Gasteiger partial charge in [-0.2, -0.15) is 0 Å². The van der Waals surface area contributed by atoms with Crippen molar-refractivity contribution in [2.75, 3.05) is 13.1 Å². The van der Waals surface area contributed by atoms with Crippen LogP contribution in [0.25, 0.3) is 0 Å². The minimum atomic E-state index is 0.185. The SMILES string of the molecule is CC1CCCN(C(=O)C2CC2c2ccco2)CC1. The standard InChI is InChI=1S/C15H21NO2/c1-11-4-2-7-16(8-6-11)15(17)13-10-12(13)14-5-3-9-18-14/h3,5,9,11-13H,2,4,6-8,10H2,1H3. The maximum atomic E-state index is 12.4. The molecule has 2 fully saturated rings. The Morgan fingerprint density at radius 2 is 2.28 bits per heavy atom. The van der Waals surface area contributed by atoms with Crippen molar-refractivity contribution in [3.8, 4) is 0 Å². The Morgan fingerprint density at radius 3 is 3.06 bits per heavy atom. The Balaban J connectivity index is 1.59. The predicted octanol–water partition coefficient (Wildman–Crippen LogP) is 3.03. The van der Waals surface area contributed by atoms with Crippen molar-refractivity contribution in [3.63, 3.8) is 0 Å². The largest absolute Gasteiger partial charge is 0.469 e. The third kappa shape index (κ3) is 2.31. The highest BCUT2D eigenvalue weighted by atomic mass is 16.3. The average molecular weight is 247 g/mol. The smallest absolute Gasteiger partial charge is 0.226 e. The van der Waals surface area contributed by atoms with E-state index in [4.69, 9.17) is 4.42 Å². The highest BCUT2D eigenvalue weighted by Crippen LogP contribution is 2.48. The van der Waals surface area contributed by atoms with Crippen LogP contribution in [0.2, 0.25) is 0 Å². The Bertz CT molecular complexity index is 412. The van der Waals surface area contributed by atoms with Crippen LogP contribution in [0.4, 0.5) is 0 Å². The summed E-state index contributed by atoms with van der Waals surface area (Å²) in [6, 6.07) is 3.89. The minimum absolute atomic E-state index is 0.185. The number of furan rings is 1. The fraction of sp³-hybridized carbons (Fsp3) is 0.667. The summed E-state index contributed by atoms with van der Waals surface area (Å²) in [5.74, 6) is 2.63. The molecule has 1 saturated heterocycles. The van der Waals surface area contributed by atoms with Gasteiger partial charge in [-0.05, 0) is 43.7 Å². The number of hydrogen-bond donors (Lipinski definition) is 0. The number of hydrogen-bond acceptors (Lipinski definition) is 2. The van der Waals surface area contributed by atoms with Gasteiger partial charge >= 0.3 is 0 Å². The second-order valence-corrected chi connectivity index (χ2v) is 5.83. The van der Waals surface area contributed by atoms with Crippen molar-refractivity contribution in [1.82, 2.24) is 4.90 Å². The van der Waals surface area contributed by atoms with E-state index in [0.29, 0.717) is 11.8 Å². The Morgan fingerprint density at radius 1 is 1.39 bits per heavy atom. The molecule has 1 saturated carbocycles. The van der Waals surface area contributed by atoms with E-state index in [1.807, 2.05) is 12.1 Å². The van der Waals surface area contributed by atoms with Gasteiger partial charge < -0.3 is 9.32 Å². The summed E-state index contributed by atoms with van der Waals surface area (Å²) in [5, 5.41) is 0. The lowest BCUT2D eigenvalue weighted by Crippen LogP contribution is -2.33. The van der Waals surface area contributed by atoms with E-state index in [0.717, 1.165) is 44.0 Å². The maximum Gasteiger partial charge on any atom is 0.226 e. The van der Waals surface area contributed by atoms with E-state index in [1.165, 1.54) is 6.42 Å². The first-order valence-corrected chi connectivity index (χ1v) is 7.08. The fourth-order valence-corrected chi connectivity index (χ4v) is 3.00. The molecule has 3 rings (SSSR count). The summed E-state index contributed by atoms with van der Waals surface area (Å²) >= 11 is 0. The highest BCUT2D eigenvalue weighted by molar-refractivity contribution is 5.82. The first kappa shape index (κ1) is 11.8. The summed E-state index contributed by atoms with van der Waals surface area (Å²) in [5.41, 5.74) is 0. The normalized spacial score (nSPS) is 32.1. The highest BCUT2D eigenvalue weighted by Gasteiger charge is 2.47. The first-order valence-electron chi connectivity index (χ1n) is 7.08. The van der Waals surface area contributed by atoms with Gasteiger partial charge in [0.1, 0.15) is 5.76 Å². The van der Waals surface area contributed by atoms with Gasteiger partial charge in [0.15, 0.2) is 0 Å². The van der Waals surface area contributed by atoms with Crippen LogP contribution in [0.3, 0.4) is 0 Å². The lowest BCUT2D eigenvalue weighted by atomic mass is 10.0. The van der Waals surface area contributed by atoms with Crippen LogP contribution in [-0.4, -0.2) is 23.9 Å². The van der Waals surface area contributed by atoms with Crippen molar-refractivity contribution in [3.05, 3.63) is 24.2 Å². The number of carbonyl (C=O) groups is 1. The van der Waals surface area contributed by atoms with E-state index >= 15 is 0 Å². The zero-order valence-electron chi connectivity index (χ0n) is 11.0. The molecule has 0 aromatic carbocycles. The van der Waals surface area contributed by atoms with Gasteiger partial charge in [-0.3, -0.25) is 4.79 Å². The molecule has 2 aliphatic rings. The average Bonchev–Trinajstić information content (AvgIpc) is 3.05. The van der Waals surface area contributed by atoms with Gasteiger partial charge in [-0.25, -0.2) is 0 Å². The van der Waals surface area contributed by atoms with Gasteiger partial charge in [0.2, 0.25) is 5.91 Å². The fourth-order valence-electron chi connectivity index (χ4n) is 3.00. The molecule has 3 unspecified atom stereocenters. The molecule has 2 heterocycles. The second kappa shape index (κ2) is 4.79. The molecular weight excluding hydrogens is 226 g/mol. The van der Waals surface area contributed by atoms with Gasteiger partial charge in [0.05, 0.1) is 6.26 Å². The monoisotopic (exact) mass is 247 g/mol. The Labute approximate surface area is 108 Å². The summed E-state index contributed by atoms with van der Waals surface area (Å²) in [6.45, 7) is 4.18. The molecule has 3 atom stereocenters. The minimum Gasteiger partial charge on any atom is -0.469 e. The molecule has 1 aromatic rings. The molecular formula is C15H21NO2. The molecule has 3 heteroatoms. The quantitative estimate of drug-likeness (QED) is 0.805. The number of nitrogens with zero attached hydrogens (tertiary/aromatic N) is 1. The van der Waals surface area contributed by atoms with Gasteiger partial charge in [0, 0.05) is 24.9 Å². The molecule has 1 aromatic heterocycles. The molecule has 1 amide bonds. The van der Waals surface area contributed by atoms with Gasteiger partial charge in [0.25, 0.3) is 0 Å². The molecule has 98 valence electrons. The van der Waals surface area contributed by atoms with Crippen LogP contribution >= 0.6 is 0 Å². The van der Waals surface area contributed by atoms with Crippen LogP contribution in [0.5, 0.6) is 0 Å². The third-order valence-corrected chi connectivity index (χ3v) is 4.34. The lowest BCUT2D eigenvalue weighted by molar-refractivity contribution is -0.132. The van der Waals surface area contributed by atoms with E-state index < -0.39 is 0 Å². The number of carbonyl (C=O) groups excluding carboxylic acids is 1. The van der Waals surface area contributed by atoms with E-state index in [1.54, 1.807) is 6.26 Å². The molecule has 0 bridgehead atoms. The molecule has 3 nitrogen and oxygen atoms in total. The third-order valence-electron chi connectivity index (χ3n) is 4.34. The van der Waals surface area contributed by atoms with Crippen LogP contribution in [0.15, 0.2) is 22.8 Å². The summed E-state index contributed by atoms with van der Waals surface area (Å²) in [4.78, 5) is 14.5.